The molecule has 0 bridgehead atoms. The largest absolute Gasteiger partial charge is 0.329 e. The minimum absolute atomic E-state index is 0.211. The zero-order valence-corrected chi connectivity index (χ0v) is 12.8. The highest BCUT2D eigenvalue weighted by atomic mass is 15.0. The van der Waals surface area contributed by atoms with Crippen molar-refractivity contribution in [3.8, 4) is 0 Å². The number of hydrogen-bond donors (Lipinski definition) is 2. The second-order valence-electron chi connectivity index (χ2n) is 7.77. The molecule has 0 amide bonds. The number of nitrogens with one attached hydrogen (secondary N) is 1. The van der Waals surface area contributed by atoms with Gasteiger partial charge >= 0.3 is 0 Å². The smallest absolute Gasteiger partial charge is 0.0334 e. The number of rotatable bonds is 3. The van der Waals surface area contributed by atoms with E-state index >= 15 is 0 Å². The average Bonchev–Trinajstić information content (AvgIpc) is 2.64. The third-order valence-corrected chi connectivity index (χ3v) is 5.83. The Morgan fingerprint density at radius 2 is 1.89 bits per heavy atom. The van der Waals surface area contributed by atoms with Crippen molar-refractivity contribution in [3.63, 3.8) is 0 Å². The van der Waals surface area contributed by atoms with Crippen molar-refractivity contribution < 1.29 is 0 Å². The van der Waals surface area contributed by atoms with E-state index in [1.54, 1.807) is 0 Å². The first kappa shape index (κ1) is 14.3. The molecular formula is C16H32N2. The quantitative estimate of drug-likeness (QED) is 0.809. The molecule has 4 unspecified atom stereocenters. The van der Waals surface area contributed by atoms with E-state index < -0.39 is 0 Å². The van der Waals surface area contributed by atoms with Gasteiger partial charge in [-0.25, -0.2) is 0 Å². The lowest BCUT2D eigenvalue weighted by molar-refractivity contribution is 0.0976. The second-order valence-corrected chi connectivity index (χ2v) is 7.77. The van der Waals surface area contributed by atoms with Gasteiger partial charge < -0.3 is 11.1 Å². The summed E-state index contributed by atoms with van der Waals surface area (Å²) < 4.78 is 0. The molecule has 2 nitrogen and oxygen atoms in total. The van der Waals surface area contributed by atoms with Crippen molar-refractivity contribution in [1.29, 1.82) is 0 Å². The average molecular weight is 252 g/mol. The summed E-state index contributed by atoms with van der Waals surface area (Å²) in [6.45, 7) is 10.4. The molecular weight excluding hydrogens is 220 g/mol. The summed E-state index contributed by atoms with van der Waals surface area (Å²) >= 11 is 0. The summed E-state index contributed by atoms with van der Waals surface area (Å²) in [5.74, 6) is 1.52. The summed E-state index contributed by atoms with van der Waals surface area (Å²) in [6, 6.07) is 0.691. The van der Waals surface area contributed by atoms with Gasteiger partial charge in [0.05, 0.1) is 0 Å². The maximum absolute atomic E-state index is 6.17. The van der Waals surface area contributed by atoms with E-state index in [0.717, 1.165) is 12.5 Å². The van der Waals surface area contributed by atoms with Crippen LogP contribution in [0.2, 0.25) is 0 Å². The van der Waals surface area contributed by atoms with E-state index in [0.29, 0.717) is 17.4 Å². The molecule has 4 atom stereocenters. The molecule has 0 aromatic rings. The van der Waals surface area contributed by atoms with E-state index in [9.17, 15) is 0 Å². The van der Waals surface area contributed by atoms with Crippen molar-refractivity contribution in [3.05, 3.63) is 0 Å². The van der Waals surface area contributed by atoms with Gasteiger partial charge in [0.15, 0.2) is 0 Å². The Kier molecular flexibility index (Phi) is 4.08. The van der Waals surface area contributed by atoms with Crippen LogP contribution in [-0.2, 0) is 0 Å². The van der Waals surface area contributed by atoms with Crippen molar-refractivity contribution in [1.82, 2.24) is 5.32 Å². The normalized spacial score (nSPS) is 44.2. The molecule has 0 heterocycles. The predicted molar refractivity (Wildman–Crippen MR) is 78.5 cm³/mol. The van der Waals surface area contributed by atoms with Crippen LogP contribution in [0.4, 0.5) is 0 Å². The molecule has 2 rings (SSSR count). The molecule has 18 heavy (non-hydrogen) atoms. The fourth-order valence-corrected chi connectivity index (χ4v) is 4.28. The molecule has 0 radical (unpaired) electrons. The molecule has 2 aliphatic carbocycles. The van der Waals surface area contributed by atoms with Crippen molar-refractivity contribution in [2.75, 3.05) is 6.54 Å². The van der Waals surface area contributed by atoms with Crippen molar-refractivity contribution in [2.24, 2.45) is 23.0 Å². The third kappa shape index (κ3) is 2.75. The molecule has 0 aliphatic heterocycles. The first-order valence-electron chi connectivity index (χ1n) is 7.86. The van der Waals surface area contributed by atoms with Gasteiger partial charge in [-0.1, -0.05) is 40.5 Å². The SMILES string of the molecule is CC1CCCC(CN)(NC2CCC(C)(C)C2)C1C. The summed E-state index contributed by atoms with van der Waals surface area (Å²) in [4.78, 5) is 0. The Morgan fingerprint density at radius 1 is 1.17 bits per heavy atom. The molecule has 106 valence electrons. The number of nitrogens with two attached hydrogens (primary N) is 1. The monoisotopic (exact) mass is 252 g/mol. The van der Waals surface area contributed by atoms with Crippen LogP contribution in [0.15, 0.2) is 0 Å². The zero-order chi connectivity index (χ0) is 13.4. The van der Waals surface area contributed by atoms with E-state index in [-0.39, 0.29) is 5.54 Å². The molecule has 2 aliphatic rings. The molecule has 2 heteroatoms. The highest BCUT2D eigenvalue weighted by Gasteiger charge is 2.43. The lowest BCUT2D eigenvalue weighted by Gasteiger charge is -2.47. The Bertz CT molecular complexity index is 287. The van der Waals surface area contributed by atoms with Crippen LogP contribution in [0.5, 0.6) is 0 Å². The van der Waals surface area contributed by atoms with Gasteiger partial charge in [-0.05, 0) is 42.9 Å². The van der Waals surface area contributed by atoms with Gasteiger partial charge in [0.1, 0.15) is 0 Å². The predicted octanol–water partition coefficient (Wildman–Crippen LogP) is 3.31. The van der Waals surface area contributed by atoms with E-state index in [1.807, 2.05) is 0 Å². The Hall–Kier alpha value is -0.0800. The fraction of sp³-hybridized carbons (Fsp3) is 1.00. The van der Waals surface area contributed by atoms with E-state index in [1.165, 1.54) is 38.5 Å². The van der Waals surface area contributed by atoms with Gasteiger partial charge in [0, 0.05) is 18.1 Å². The maximum Gasteiger partial charge on any atom is 0.0334 e. The second kappa shape index (κ2) is 5.13. The highest BCUT2D eigenvalue weighted by molar-refractivity contribution is 5.02. The van der Waals surface area contributed by atoms with Gasteiger partial charge in [0.2, 0.25) is 0 Å². The molecule has 2 saturated carbocycles. The van der Waals surface area contributed by atoms with Crippen LogP contribution in [0.3, 0.4) is 0 Å². The molecule has 3 N–H and O–H groups in total. The first-order chi connectivity index (χ1) is 8.38. The third-order valence-electron chi connectivity index (χ3n) is 5.83. The number of hydrogen-bond acceptors (Lipinski definition) is 2. The van der Waals surface area contributed by atoms with Gasteiger partial charge in [-0.15, -0.1) is 0 Å². The summed E-state index contributed by atoms with van der Waals surface area (Å²) in [7, 11) is 0. The lowest BCUT2D eigenvalue weighted by Crippen LogP contribution is -2.61. The topological polar surface area (TPSA) is 38.0 Å². The van der Waals surface area contributed by atoms with Crippen LogP contribution in [0.1, 0.15) is 66.2 Å². The van der Waals surface area contributed by atoms with Gasteiger partial charge in [0.25, 0.3) is 0 Å². The zero-order valence-electron chi connectivity index (χ0n) is 12.8. The van der Waals surface area contributed by atoms with Gasteiger partial charge in [-0.3, -0.25) is 0 Å². The molecule has 0 spiro atoms. The minimum Gasteiger partial charge on any atom is -0.329 e. The summed E-state index contributed by atoms with van der Waals surface area (Å²) in [6.07, 6.45) is 7.99. The van der Waals surface area contributed by atoms with E-state index in [2.05, 4.69) is 33.0 Å². The van der Waals surface area contributed by atoms with Crippen LogP contribution >= 0.6 is 0 Å². The molecule has 2 fully saturated rings. The Labute approximate surface area is 113 Å². The Morgan fingerprint density at radius 3 is 2.44 bits per heavy atom. The van der Waals surface area contributed by atoms with Crippen LogP contribution in [0.25, 0.3) is 0 Å². The summed E-state index contributed by atoms with van der Waals surface area (Å²) in [5.41, 5.74) is 6.91. The van der Waals surface area contributed by atoms with Crippen LogP contribution < -0.4 is 11.1 Å². The highest BCUT2D eigenvalue weighted by Crippen LogP contribution is 2.41. The Balaban J connectivity index is 2.04. The van der Waals surface area contributed by atoms with Crippen LogP contribution in [-0.4, -0.2) is 18.1 Å². The standard InChI is InChI=1S/C16H32N2/c1-12-6-5-8-16(11-17,13(12)2)18-14-7-9-15(3,4)10-14/h12-14,18H,5-11,17H2,1-4H3. The molecule has 0 saturated heterocycles. The van der Waals surface area contributed by atoms with Crippen molar-refractivity contribution >= 4 is 0 Å². The molecule has 0 aromatic heterocycles. The minimum atomic E-state index is 0.211. The van der Waals surface area contributed by atoms with E-state index in [4.69, 9.17) is 5.73 Å². The molecule has 0 aromatic carbocycles. The first-order valence-corrected chi connectivity index (χ1v) is 7.86. The lowest BCUT2D eigenvalue weighted by atomic mass is 9.68. The van der Waals surface area contributed by atoms with Crippen LogP contribution in [0, 0.1) is 17.3 Å². The fourth-order valence-electron chi connectivity index (χ4n) is 4.28. The maximum atomic E-state index is 6.17. The summed E-state index contributed by atoms with van der Waals surface area (Å²) in [5, 5.41) is 3.99. The van der Waals surface area contributed by atoms with Gasteiger partial charge in [-0.2, -0.15) is 0 Å². The van der Waals surface area contributed by atoms with Crippen molar-refractivity contribution in [2.45, 2.75) is 77.8 Å².